The molecule has 0 bridgehead atoms. The van der Waals surface area contributed by atoms with Crippen molar-refractivity contribution in [2.45, 2.75) is 63.4 Å². The molecule has 2 heterocycles. The van der Waals surface area contributed by atoms with Gasteiger partial charge in [0.05, 0.1) is 11.7 Å². The highest BCUT2D eigenvalue weighted by molar-refractivity contribution is 7.98. The normalized spacial score (nSPS) is 25.4. The molecule has 0 amide bonds. The standard InChI is InChI=1S/C25H31NO4S/c1-15-21(24(28)30-14-17-6-5-11-29-17)22(16-7-9-18(31-4)10-8-16)23-19(26-15)12-25(2,3)13-20(23)27/h7-10,17,22,26H,5-6,11-14H2,1-4H3/t17-,22+/m1/s1. The van der Waals surface area contributed by atoms with E-state index in [1.54, 1.807) is 11.8 Å². The molecule has 3 aliphatic rings. The lowest BCUT2D eigenvalue weighted by molar-refractivity contribution is -0.142. The summed E-state index contributed by atoms with van der Waals surface area (Å²) in [6.45, 7) is 7.10. The molecular formula is C25H31NO4S. The van der Waals surface area contributed by atoms with Gasteiger partial charge in [0.25, 0.3) is 0 Å². The molecule has 1 N–H and O–H groups in total. The monoisotopic (exact) mass is 441 g/mol. The second kappa shape index (κ2) is 8.83. The van der Waals surface area contributed by atoms with Crippen LogP contribution in [0, 0.1) is 5.41 Å². The molecule has 166 valence electrons. The predicted molar refractivity (Wildman–Crippen MR) is 122 cm³/mol. The minimum Gasteiger partial charge on any atom is -0.459 e. The number of benzene rings is 1. The first-order valence-electron chi connectivity index (χ1n) is 11.0. The van der Waals surface area contributed by atoms with Crippen LogP contribution in [-0.2, 0) is 19.1 Å². The Hall–Kier alpha value is -2.05. The first kappa shape index (κ1) is 22.2. The summed E-state index contributed by atoms with van der Waals surface area (Å²) in [6, 6.07) is 8.15. The Kier molecular flexibility index (Phi) is 6.31. The number of carbonyl (C=O) groups is 2. The lowest BCUT2D eigenvalue weighted by atomic mass is 9.68. The van der Waals surface area contributed by atoms with Crippen LogP contribution >= 0.6 is 11.8 Å². The zero-order valence-electron chi connectivity index (χ0n) is 18.7. The number of nitrogens with one attached hydrogen (secondary N) is 1. The molecule has 2 atom stereocenters. The Morgan fingerprint density at radius 2 is 2.00 bits per heavy atom. The number of hydrogen-bond donors (Lipinski definition) is 1. The molecular weight excluding hydrogens is 410 g/mol. The van der Waals surface area contributed by atoms with Gasteiger partial charge in [0.2, 0.25) is 0 Å². The summed E-state index contributed by atoms with van der Waals surface area (Å²) in [5.74, 6) is -0.675. The number of thioether (sulfide) groups is 1. The number of Topliss-reactive ketones (excluding diaryl/α,β-unsaturated/α-hetero) is 1. The van der Waals surface area contributed by atoms with E-state index in [-0.39, 0.29) is 29.9 Å². The molecule has 4 rings (SSSR count). The summed E-state index contributed by atoms with van der Waals surface area (Å²) in [7, 11) is 0. The highest BCUT2D eigenvalue weighted by Crippen LogP contribution is 2.47. The van der Waals surface area contributed by atoms with E-state index < -0.39 is 5.92 Å². The van der Waals surface area contributed by atoms with E-state index in [0.29, 0.717) is 17.6 Å². The first-order chi connectivity index (χ1) is 14.8. The maximum Gasteiger partial charge on any atom is 0.336 e. The van der Waals surface area contributed by atoms with Crippen LogP contribution in [0.2, 0.25) is 0 Å². The minimum absolute atomic E-state index is 0.0346. The lowest BCUT2D eigenvalue weighted by Crippen LogP contribution is -2.39. The van der Waals surface area contributed by atoms with E-state index in [1.807, 2.05) is 37.4 Å². The quantitative estimate of drug-likeness (QED) is 0.526. The molecule has 0 aromatic heterocycles. The second-order valence-corrected chi connectivity index (χ2v) is 10.3. The van der Waals surface area contributed by atoms with Gasteiger partial charge in [-0.3, -0.25) is 4.79 Å². The molecule has 1 fully saturated rings. The van der Waals surface area contributed by atoms with Crippen LogP contribution < -0.4 is 5.32 Å². The van der Waals surface area contributed by atoms with Crippen LogP contribution in [0.4, 0.5) is 0 Å². The molecule has 5 nitrogen and oxygen atoms in total. The number of esters is 1. The van der Waals surface area contributed by atoms with Gasteiger partial charge in [-0.2, -0.15) is 0 Å². The fraction of sp³-hybridized carbons (Fsp3) is 0.520. The van der Waals surface area contributed by atoms with Crippen molar-refractivity contribution < 1.29 is 19.1 Å². The zero-order chi connectivity index (χ0) is 22.2. The van der Waals surface area contributed by atoms with E-state index in [0.717, 1.165) is 47.7 Å². The summed E-state index contributed by atoms with van der Waals surface area (Å²) in [4.78, 5) is 27.7. The fourth-order valence-corrected chi connectivity index (χ4v) is 5.27. The van der Waals surface area contributed by atoms with Crippen molar-refractivity contribution in [1.29, 1.82) is 0 Å². The molecule has 1 saturated heterocycles. The zero-order valence-corrected chi connectivity index (χ0v) is 19.6. The summed E-state index contributed by atoms with van der Waals surface area (Å²) in [6.07, 6.45) is 5.16. The third kappa shape index (κ3) is 4.60. The van der Waals surface area contributed by atoms with Crippen molar-refractivity contribution in [2.75, 3.05) is 19.5 Å². The summed E-state index contributed by atoms with van der Waals surface area (Å²) in [5, 5.41) is 3.39. The van der Waals surface area contributed by atoms with Crippen LogP contribution in [0.1, 0.15) is 57.9 Å². The third-order valence-corrected chi connectivity index (χ3v) is 7.08. The minimum atomic E-state index is -0.409. The number of carbonyl (C=O) groups excluding carboxylic acids is 2. The van der Waals surface area contributed by atoms with Gasteiger partial charge in [0.1, 0.15) is 6.61 Å². The second-order valence-electron chi connectivity index (χ2n) is 9.44. The molecule has 1 aromatic rings. The van der Waals surface area contributed by atoms with E-state index in [4.69, 9.17) is 9.47 Å². The Morgan fingerprint density at radius 1 is 1.26 bits per heavy atom. The molecule has 1 aromatic carbocycles. The number of ether oxygens (including phenoxy) is 2. The lowest BCUT2D eigenvalue weighted by Gasteiger charge is -2.39. The van der Waals surface area contributed by atoms with E-state index in [9.17, 15) is 9.59 Å². The van der Waals surface area contributed by atoms with Gasteiger partial charge in [-0.05, 0) is 55.6 Å². The first-order valence-corrected chi connectivity index (χ1v) is 12.2. The number of ketones is 1. The van der Waals surface area contributed by atoms with Crippen LogP contribution in [0.5, 0.6) is 0 Å². The molecule has 1 aliphatic carbocycles. The smallest absolute Gasteiger partial charge is 0.336 e. The number of rotatable bonds is 5. The summed E-state index contributed by atoms with van der Waals surface area (Å²) in [5.41, 5.74) is 3.79. The van der Waals surface area contributed by atoms with Gasteiger partial charge < -0.3 is 14.8 Å². The molecule has 0 radical (unpaired) electrons. The van der Waals surface area contributed by atoms with Crippen molar-refractivity contribution in [1.82, 2.24) is 5.32 Å². The number of allylic oxidation sites excluding steroid dienone is 3. The summed E-state index contributed by atoms with van der Waals surface area (Å²) >= 11 is 1.67. The highest BCUT2D eigenvalue weighted by Gasteiger charge is 2.43. The molecule has 2 aliphatic heterocycles. The van der Waals surface area contributed by atoms with Gasteiger partial charge in [0.15, 0.2) is 5.78 Å². The topological polar surface area (TPSA) is 64.6 Å². The Morgan fingerprint density at radius 3 is 2.65 bits per heavy atom. The highest BCUT2D eigenvalue weighted by atomic mass is 32.2. The van der Waals surface area contributed by atoms with Crippen molar-refractivity contribution in [3.8, 4) is 0 Å². The van der Waals surface area contributed by atoms with Crippen molar-refractivity contribution in [2.24, 2.45) is 5.41 Å². The van der Waals surface area contributed by atoms with Crippen molar-refractivity contribution in [3.05, 3.63) is 52.4 Å². The van der Waals surface area contributed by atoms with Crippen LogP contribution in [0.25, 0.3) is 0 Å². The average molecular weight is 442 g/mol. The largest absolute Gasteiger partial charge is 0.459 e. The molecule has 31 heavy (non-hydrogen) atoms. The third-order valence-electron chi connectivity index (χ3n) is 6.33. The van der Waals surface area contributed by atoms with Crippen molar-refractivity contribution >= 4 is 23.5 Å². The van der Waals surface area contributed by atoms with E-state index in [1.165, 1.54) is 0 Å². The Labute approximate surface area is 188 Å². The molecule has 6 heteroatoms. The predicted octanol–water partition coefficient (Wildman–Crippen LogP) is 4.73. The molecule has 0 unspecified atom stereocenters. The Bertz CT molecular complexity index is 939. The van der Waals surface area contributed by atoms with Crippen LogP contribution in [-0.4, -0.2) is 37.3 Å². The van der Waals surface area contributed by atoms with E-state index >= 15 is 0 Å². The van der Waals surface area contributed by atoms with Gasteiger partial charge >= 0.3 is 5.97 Å². The van der Waals surface area contributed by atoms with Crippen LogP contribution in [0.15, 0.2) is 51.7 Å². The maximum absolute atomic E-state index is 13.3. The van der Waals surface area contributed by atoms with Crippen molar-refractivity contribution in [3.63, 3.8) is 0 Å². The maximum atomic E-state index is 13.3. The van der Waals surface area contributed by atoms with E-state index in [2.05, 4.69) is 19.2 Å². The van der Waals surface area contributed by atoms with Crippen LogP contribution in [0.3, 0.4) is 0 Å². The fourth-order valence-electron chi connectivity index (χ4n) is 4.86. The SMILES string of the molecule is CSc1ccc([C@H]2C(C(=O)OC[C@H]3CCCO3)=C(C)NC3=C2C(=O)CC(C)(C)C3)cc1. The van der Waals surface area contributed by atoms with Gasteiger partial charge in [-0.25, -0.2) is 4.79 Å². The summed E-state index contributed by atoms with van der Waals surface area (Å²) < 4.78 is 11.3. The molecule has 0 saturated carbocycles. The number of hydrogen-bond acceptors (Lipinski definition) is 6. The van der Waals surface area contributed by atoms with Gasteiger partial charge in [-0.1, -0.05) is 26.0 Å². The molecule has 0 spiro atoms. The average Bonchev–Trinajstić information content (AvgIpc) is 3.24. The van der Waals surface area contributed by atoms with Gasteiger partial charge in [0, 0.05) is 40.8 Å². The number of dihydropyridines is 1. The van der Waals surface area contributed by atoms with Gasteiger partial charge in [-0.15, -0.1) is 11.8 Å². The Balaban J connectivity index is 1.71.